The number of imidazole rings is 1. The van der Waals surface area contributed by atoms with E-state index in [1.807, 2.05) is 66.6 Å². The first-order chi connectivity index (χ1) is 17.1. The first kappa shape index (κ1) is 21.4. The lowest BCUT2D eigenvalue weighted by molar-refractivity contribution is 0.0602. The third-order valence-electron chi connectivity index (χ3n) is 7.20. The Labute approximate surface area is 204 Å². The molecule has 1 amide bonds. The van der Waals surface area contributed by atoms with Crippen molar-refractivity contribution in [1.82, 2.24) is 19.9 Å². The number of benzene rings is 2. The topological polar surface area (TPSA) is 88.9 Å². The molecule has 6 rings (SSSR count). The minimum absolute atomic E-state index is 0.0326. The summed E-state index contributed by atoms with van der Waals surface area (Å²) in [5.41, 5.74) is 6.27. The lowest BCUT2D eigenvalue weighted by Gasteiger charge is -2.39. The number of hydrogen-bond acceptors (Lipinski definition) is 5. The number of nitrogens with zero attached hydrogens (tertiary/aromatic N) is 5. The van der Waals surface area contributed by atoms with Gasteiger partial charge in [-0.15, -0.1) is 0 Å². The fourth-order valence-corrected chi connectivity index (χ4v) is 5.02. The van der Waals surface area contributed by atoms with Crippen molar-refractivity contribution in [3.05, 3.63) is 77.0 Å². The third kappa shape index (κ3) is 3.91. The molecule has 0 bridgehead atoms. The number of carbonyl (C=O) groups excluding carboxylic acids is 1. The van der Waals surface area contributed by atoms with Gasteiger partial charge in [-0.05, 0) is 55.2 Å². The Bertz CT molecular complexity index is 1450. The molecule has 0 spiro atoms. The highest BCUT2D eigenvalue weighted by Crippen LogP contribution is 2.31. The van der Waals surface area contributed by atoms with Gasteiger partial charge in [-0.3, -0.25) is 4.79 Å². The quantitative estimate of drug-likeness (QED) is 0.477. The molecule has 4 heterocycles. The fraction of sp³-hybridized carbons (Fsp3) is 0.286. The summed E-state index contributed by atoms with van der Waals surface area (Å²) >= 11 is 0. The van der Waals surface area contributed by atoms with Gasteiger partial charge >= 0.3 is 0 Å². The van der Waals surface area contributed by atoms with Crippen molar-refractivity contribution in [3.63, 3.8) is 0 Å². The van der Waals surface area contributed by atoms with Gasteiger partial charge in [-0.1, -0.05) is 18.2 Å². The van der Waals surface area contributed by atoms with E-state index in [1.54, 1.807) is 0 Å². The van der Waals surface area contributed by atoms with Crippen LogP contribution in [0.1, 0.15) is 45.8 Å². The number of nitrogens with one attached hydrogen (secondary N) is 1. The van der Waals surface area contributed by atoms with Crippen molar-refractivity contribution in [2.45, 2.75) is 25.7 Å². The normalized spacial score (nSPS) is 15.9. The molecule has 2 aromatic heterocycles. The fourth-order valence-electron chi connectivity index (χ4n) is 5.02. The van der Waals surface area contributed by atoms with Gasteiger partial charge in [-0.2, -0.15) is 5.26 Å². The Morgan fingerprint density at radius 1 is 1.09 bits per heavy atom. The van der Waals surface area contributed by atoms with Crippen LogP contribution in [0.5, 0.6) is 0 Å². The predicted octanol–water partition coefficient (Wildman–Crippen LogP) is 4.64. The SMILES string of the molecule is Cc1ccc(C(=O)N2CC(c3ccc(C#N)cc3)C2)cc1-c1nc2cc(N3CCCC3)ncc2[nH]1. The second-order valence-electron chi connectivity index (χ2n) is 9.51. The zero-order valence-corrected chi connectivity index (χ0v) is 19.7. The molecular weight excluding hydrogens is 436 g/mol. The van der Waals surface area contributed by atoms with Gasteiger partial charge in [0.15, 0.2) is 0 Å². The summed E-state index contributed by atoms with van der Waals surface area (Å²) in [7, 11) is 0. The number of H-pyrrole nitrogens is 1. The second kappa shape index (κ2) is 8.55. The molecule has 2 aliphatic rings. The van der Waals surface area contributed by atoms with Crippen LogP contribution < -0.4 is 4.90 Å². The lowest BCUT2D eigenvalue weighted by Crippen LogP contribution is -2.48. The minimum atomic E-state index is 0.0326. The van der Waals surface area contributed by atoms with E-state index < -0.39 is 0 Å². The average molecular weight is 463 g/mol. The van der Waals surface area contributed by atoms with Crippen LogP contribution in [0.2, 0.25) is 0 Å². The van der Waals surface area contributed by atoms with Crippen LogP contribution in [0.25, 0.3) is 22.4 Å². The van der Waals surface area contributed by atoms with Gasteiger partial charge in [-0.25, -0.2) is 9.97 Å². The number of aryl methyl sites for hydroxylation is 1. The second-order valence-corrected chi connectivity index (χ2v) is 9.51. The predicted molar refractivity (Wildman–Crippen MR) is 135 cm³/mol. The molecule has 2 aliphatic heterocycles. The number of carbonyl (C=O) groups is 1. The summed E-state index contributed by atoms with van der Waals surface area (Å²) in [6.07, 6.45) is 4.26. The van der Waals surface area contributed by atoms with E-state index in [0.717, 1.165) is 46.9 Å². The van der Waals surface area contributed by atoms with E-state index in [9.17, 15) is 4.79 Å². The maximum absolute atomic E-state index is 13.2. The number of amides is 1. The standard InChI is InChI=1S/C28H26N6O/c1-18-4-7-21(28(35)34-16-22(17-34)20-8-5-19(14-29)6-9-20)12-23(18)27-31-24-13-26(30-15-25(24)32-27)33-10-2-3-11-33/h4-9,12-13,15,22H,2-3,10-11,16-17H2,1H3,(H,31,32). The van der Waals surface area contributed by atoms with Gasteiger partial charge in [0.05, 0.1) is 28.9 Å². The molecule has 174 valence electrons. The van der Waals surface area contributed by atoms with E-state index >= 15 is 0 Å². The van der Waals surface area contributed by atoms with Crippen LogP contribution in [0.3, 0.4) is 0 Å². The Morgan fingerprint density at radius 3 is 2.60 bits per heavy atom. The number of pyridine rings is 1. The molecule has 0 radical (unpaired) electrons. The number of fused-ring (bicyclic) bond motifs is 1. The molecule has 0 saturated carbocycles. The number of aromatic nitrogens is 3. The molecule has 7 heteroatoms. The number of likely N-dealkylation sites (tertiary alicyclic amines) is 1. The zero-order chi connectivity index (χ0) is 23.9. The van der Waals surface area contributed by atoms with Crippen LogP contribution in [0.4, 0.5) is 5.82 Å². The zero-order valence-electron chi connectivity index (χ0n) is 19.7. The first-order valence-corrected chi connectivity index (χ1v) is 12.1. The first-order valence-electron chi connectivity index (χ1n) is 12.1. The van der Waals surface area contributed by atoms with Crippen LogP contribution in [0, 0.1) is 18.3 Å². The van der Waals surface area contributed by atoms with Gasteiger partial charge in [0.1, 0.15) is 11.6 Å². The van der Waals surface area contributed by atoms with Crippen molar-refractivity contribution in [1.29, 1.82) is 5.26 Å². The van der Waals surface area contributed by atoms with Crippen molar-refractivity contribution < 1.29 is 4.79 Å². The molecular formula is C28H26N6O. The maximum atomic E-state index is 13.2. The molecule has 2 fully saturated rings. The van der Waals surface area contributed by atoms with Crippen LogP contribution in [-0.2, 0) is 0 Å². The number of hydrogen-bond donors (Lipinski definition) is 1. The number of anilines is 1. The molecule has 0 atom stereocenters. The Balaban J connectivity index is 1.21. The monoisotopic (exact) mass is 462 g/mol. The highest BCUT2D eigenvalue weighted by molar-refractivity contribution is 5.96. The van der Waals surface area contributed by atoms with Gasteiger partial charge in [0, 0.05) is 49.3 Å². The summed E-state index contributed by atoms with van der Waals surface area (Å²) in [6.45, 7) is 5.49. The van der Waals surface area contributed by atoms with E-state index in [4.69, 9.17) is 10.2 Å². The van der Waals surface area contributed by atoms with Crippen molar-refractivity contribution in [3.8, 4) is 17.5 Å². The van der Waals surface area contributed by atoms with Crippen molar-refractivity contribution >= 4 is 22.8 Å². The summed E-state index contributed by atoms with van der Waals surface area (Å²) in [5, 5.41) is 8.99. The van der Waals surface area contributed by atoms with Gasteiger partial charge in [0.25, 0.3) is 5.91 Å². The Kier molecular flexibility index (Phi) is 5.22. The maximum Gasteiger partial charge on any atom is 0.253 e. The summed E-state index contributed by atoms with van der Waals surface area (Å²) < 4.78 is 0. The third-order valence-corrected chi connectivity index (χ3v) is 7.20. The summed E-state index contributed by atoms with van der Waals surface area (Å²) in [5.74, 6) is 2.07. The molecule has 2 aromatic carbocycles. The largest absolute Gasteiger partial charge is 0.357 e. The summed E-state index contributed by atoms with van der Waals surface area (Å²) in [4.78, 5) is 30.2. The Morgan fingerprint density at radius 2 is 1.86 bits per heavy atom. The minimum Gasteiger partial charge on any atom is -0.357 e. The molecule has 4 aromatic rings. The molecule has 35 heavy (non-hydrogen) atoms. The molecule has 0 aliphatic carbocycles. The van der Waals surface area contributed by atoms with E-state index in [1.165, 1.54) is 18.4 Å². The van der Waals surface area contributed by atoms with E-state index in [2.05, 4.69) is 20.9 Å². The Hall–Kier alpha value is -4.18. The van der Waals surface area contributed by atoms with Crippen molar-refractivity contribution in [2.75, 3.05) is 31.1 Å². The number of aromatic amines is 1. The van der Waals surface area contributed by atoms with Crippen LogP contribution in [0.15, 0.2) is 54.7 Å². The van der Waals surface area contributed by atoms with Gasteiger partial charge in [0.2, 0.25) is 0 Å². The molecule has 1 N–H and O–H groups in total. The highest BCUT2D eigenvalue weighted by atomic mass is 16.2. The van der Waals surface area contributed by atoms with Gasteiger partial charge < -0.3 is 14.8 Å². The lowest BCUT2D eigenvalue weighted by atomic mass is 9.90. The molecule has 7 nitrogen and oxygen atoms in total. The average Bonchev–Trinajstić information content (AvgIpc) is 3.53. The smallest absolute Gasteiger partial charge is 0.253 e. The van der Waals surface area contributed by atoms with Crippen molar-refractivity contribution in [2.24, 2.45) is 0 Å². The number of nitriles is 1. The van der Waals surface area contributed by atoms with E-state index in [-0.39, 0.29) is 5.91 Å². The highest BCUT2D eigenvalue weighted by Gasteiger charge is 2.32. The number of rotatable bonds is 4. The van der Waals surface area contributed by atoms with E-state index in [0.29, 0.717) is 30.1 Å². The van der Waals surface area contributed by atoms with Crippen LogP contribution in [-0.4, -0.2) is 51.9 Å². The van der Waals surface area contributed by atoms with Crippen LogP contribution >= 0.6 is 0 Å². The molecule has 2 saturated heterocycles. The molecule has 0 unspecified atom stereocenters. The summed E-state index contributed by atoms with van der Waals surface area (Å²) in [6, 6.07) is 17.7.